The van der Waals surface area contributed by atoms with E-state index in [0.717, 1.165) is 49.0 Å². The SMILES string of the molecule is CC(C)(C)CCN1C(=O)[C@H](CC(=O)N2CCC(n3c(=O)[nH]c4ncccc43)CC2)S[C@@H]1c1cccc(F)c1C1CCN(C2CCC2)CC1.[HH].[HH]. The number of hydrogen-bond donors (Lipinski definition) is 1. The predicted molar refractivity (Wildman–Crippen MR) is 192 cm³/mol. The number of thioether (sulfide) groups is 1. The van der Waals surface area contributed by atoms with Crippen molar-refractivity contribution < 1.29 is 16.8 Å². The molecule has 0 unspecified atom stereocenters. The molecule has 3 aliphatic heterocycles. The van der Waals surface area contributed by atoms with Gasteiger partial charge in [-0.05, 0) is 98.7 Å². The van der Waals surface area contributed by atoms with Gasteiger partial charge in [0.1, 0.15) is 11.2 Å². The molecule has 1 aliphatic carbocycles. The van der Waals surface area contributed by atoms with Crippen molar-refractivity contribution in [3.05, 3.63) is 64.0 Å². The average Bonchev–Trinajstić information content (AvgIpc) is 3.54. The van der Waals surface area contributed by atoms with E-state index in [1.807, 2.05) is 28.0 Å². The Balaban J connectivity index is 0.00000243. The van der Waals surface area contributed by atoms with E-state index in [9.17, 15) is 14.4 Å². The Labute approximate surface area is 289 Å². The Morgan fingerprint density at radius 2 is 1.75 bits per heavy atom. The van der Waals surface area contributed by atoms with E-state index in [-0.39, 0.29) is 55.3 Å². The number of likely N-dealkylation sites (tertiary alicyclic amines) is 2. The van der Waals surface area contributed by atoms with Gasteiger partial charge in [-0.25, -0.2) is 14.2 Å². The lowest BCUT2D eigenvalue weighted by Gasteiger charge is -2.42. The highest BCUT2D eigenvalue weighted by molar-refractivity contribution is 8.01. The molecule has 2 atom stereocenters. The number of carbonyl (C=O) groups excluding carboxylic acids is 2. The largest absolute Gasteiger partial charge is 0.342 e. The van der Waals surface area contributed by atoms with E-state index >= 15 is 4.39 Å². The van der Waals surface area contributed by atoms with Gasteiger partial charge < -0.3 is 14.7 Å². The van der Waals surface area contributed by atoms with Gasteiger partial charge in [-0.3, -0.25) is 19.1 Å². The van der Waals surface area contributed by atoms with Crippen molar-refractivity contribution in [2.75, 3.05) is 32.7 Å². The van der Waals surface area contributed by atoms with E-state index in [4.69, 9.17) is 0 Å². The number of nitrogens with one attached hydrogen (secondary N) is 1. The van der Waals surface area contributed by atoms with Crippen LogP contribution in [0, 0.1) is 11.2 Å². The molecular formula is C37H53FN6O3S. The van der Waals surface area contributed by atoms with Crippen LogP contribution in [-0.2, 0) is 9.59 Å². The minimum Gasteiger partial charge on any atom is -0.342 e. The lowest BCUT2D eigenvalue weighted by atomic mass is 9.83. The molecular weight excluding hydrogens is 628 g/mol. The van der Waals surface area contributed by atoms with Crippen LogP contribution in [0.3, 0.4) is 0 Å². The first kappa shape index (κ1) is 33.3. The number of piperidine rings is 2. The average molecular weight is 681 g/mol. The van der Waals surface area contributed by atoms with E-state index in [1.54, 1.807) is 22.9 Å². The number of amides is 2. The summed E-state index contributed by atoms with van der Waals surface area (Å²) in [5.41, 5.74) is 2.87. The molecule has 1 N–H and O–H groups in total. The van der Waals surface area contributed by atoms with E-state index in [0.29, 0.717) is 44.2 Å². The summed E-state index contributed by atoms with van der Waals surface area (Å²) in [6.45, 7) is 10.1. The van der Waals surface area contributed by atoms with Crippen molar-refractivity contribution in [3.8, 4) is 0 Å². The van der Waals surface area contributed by atoms with Crippen LogP contribution in [0.25, 0.3) is 11.2 Å². The molecule has 3 saturated heterocycles. The third-order valence-electron chi connectivity index (χ3n) is 11.2. The monoisotopic (exact) mass is 680 g/mol. The normalized spacial score (nSPS) is 23.7. The molecule has 48 heavy (non-hydrogen) atoms. The summed E-state index contributed by atoms with van der Waals surface area (Å²) in [7, 11) is 0. The maximum Gasteiger partial charge on any atom is 0.327 e. The third kappa shape index (κ3) is 6.69. The van der Waals surface area contributed by atoms with E-state index in [2.05, 4.69) is 35.6 Å². The molecule has 7 rings (SSSR count). The summed E-state index contributed by atoms with van der Waals surface area (Å²) >= 11 is 1.53. The smallest absolute Gasteiger partial charge is 0.327 e. The molecule has 0 spiro atoms. The maximum absolute atomic E-state index is 15.8. The lowest BCUT2D eigenvalue weighted by Crippen LogP contribution is -2.44. The van der Waals surface area contributed by atoms with Crippen LogP contribution < -0.4 is 5.69 Å². The summed E-state index contributed by atoms with van der Waals surface area (Å²) in [6.07, 6.45) is 9.64. The third-order valence-corrected chi connectivity index (χ3v) is 12.6. The van der Waals surface area contributed by atoms with Gasteiger partial charge in [0.05, 0.1) is 10.8 Å². The molecule has 4 fully saturated rings. The molecule has 1 saturated carbocycles. The van der Waals surface area contributed by atoms with Crippen molar-refractivity contribution in [2.45, 2.75) is 107 Å². The number of carbonyl (C=O) groups is 2. The molecule has 11 heteroatoms. The van der Waals surface area contributed by atoms with E-state index in [1.165, 1.54) is 31.0 Å². The topological polar surface area (TPSA) is 94.5 Å². The number of pyridine rings is 1. The zero-order valence-electron chi connectivity index (χ0n) is 28.5. The van der Waals surface area contributed by atoms with Crippen molar-refractivity contribution in [3.63, 3.8) is 0 Å². The molecule has 9 nitrogen and oxygen atoms in total. The number of halogens is 1. The first-order chi connectivity index (χ1) is 23.1. The Hall–Kier alpha value is -3.18. The number of benzene rings is 1. The molecule has 4 aliphatic rings. The summed E-state index contributed by atoms with van der Waals surface area (Å²) in [6, 6.07) is 9.76. The van der Waals surface area contributed by atoms with Crippen LogP contribution in [0.4, 0.5) is 4.39 Å². The first-order valence-electron chi connectivity index (χ1n) is 17.9. The molecule has 0 bridgehead atoms. The van der Waals surface area contributed by atoms with Crippen molar-refractivity contribution in [1.29, 1.82) is 0 Å². The Bertz CT molecular complexity index is 1710. The zero-order chi connectivity index (χ0) is 33.6. The van der Waals surface area contributed by atoms with Gasteiger partial charge >= 0.3 is 5.69 Å². The number of hydrogen-bond acceptors (Lipinski definition) is 6. The van der Waals surface area contributed by atoms with Crippen molar-refractivity contribution >= 4 is 34.7 Å². The quantitative estimate of drug-likeness (QED) is 0.284. The van der Waals surface area contributed by atoms with Gasteiger partial charge in [-0.2, -0.15) is 0 Å². The second-order valence-corrected chi connectivity index (χ2v) is 16.7. The maximum atomic E-state index is 15.8. The highest BCUT2D eigenvalue weighted by Crippen LogP contribution is 2.49. The second-order valence-electron chi connectivity index (χ2n) is 15.4. The van der Waals surface area contributed by atoms with Gasteiger partial charge in [0.2, 0.25) is 11.8 Å². The fourth-order valence-corrected chi connectivity index (χ4v) is 9.64. The molecule has 2 amide bonds. The van der Waals surface area contributed by atoms with E-state index < -0.39 is 5.25 Å². The van der Waals surface area contributed by atoms with Crippen molar-refractivity contribution in [1.82, 2.24) is 29.2 Å². The number of nitrogens with zero attached hydrogens (tertiary/aromatic N) is 5. The second kappa shape index (κ2) is 13.6. The number of aromatic amines is 1. The molecule has 3 aromatic rings. The van der Waals surface area contributed by atoms with Crippen molar-refractivity contribution in [2.24, 2.45) is 5.41 Å². The minimum absolute atomic E-state index is 0. The molecule has 1 aromatic carbocycles. The molecule has 262 valence electrons. The number of rotatable bonds is 8. The Kier molecular flexibility index (Phi) is 9.45. The molecule has 0 radical (unpaired) electrons. The summed E-state index contributed by atoms with van der Waals surface area (Å²) < 4.78 is 17.6. The van der Waals surface area contributed by atoms with Gasteiger partial charge in [-0.15, -0.1) is 11.8 Å². The summed E-state index contributed by atoms with van der Waals surface area (Å²) in [5, 5.41) is -0.833. The number of imidazole rings is 1. The fraction of sp³-hybridized carbons (Fsp3) is 0.622. The Morgan fingerprint density at radius 3 is 2.44 bits per heavy atom. The van der Waals surface area contributed by atoms with Crippen LogP contribution >= 0.6 is 11.8 Å². The number of H-pyrrole nitrogens is 1. The predicted octanol–water partition coefficient (Wildman–Crippen LogP) is 6.72. The fourth-order valence-electron chi connectivity index (χ4n) is 8.13. The lowest BCUT2D eigenvalue weighted by molar-refractivity contribution is -0.136. The van der Waals surface area contributed by atoms with Gasteiger partial charge in [0.25, 0.3) is 0 Å². The summed E-state index contributed by atoms with van der Waals surface area (Å²) in [4.78, 5) is 54.0. The molecule has 2 aromatic heterocycles. The minimum atomic E-state index is -0.515. The highest BCUT2D eigenvalue weighted by Gasteiger charge is 2.44. The standard InChI is InChI=1S/C37H49FN6O3S.2H2/c1-37(2,3)16-22-43-34(46)30(23-31(45)42-20-14-26(15-21-42)44-29-11-6-17-39-33(29)40-36(44)47)48-35(43)27-9-5-10-28(38)32(27)24-12-18-41(19-13-24)25-7-4-8-25;;/h5-6,9-11,17,24-26,30,35H,4,7-8,12-16,18-23H2,1-3H3,(H,39,40,47);2*1H/t30-,35+;;/m0../s1. The van der Waals surface area contributed by atoms with Crippen LogP contribution in [-0.4, -0.2) is 85.1 Å². The van der Waals surface area contributed by atoms with Crippen LogP contribution in [0.1, 0.15) is 110 Å². The van der Waals surface area contributed by atoms with Gasteiger partial charge in [0.15, 0.2) is 5.65 Å². The molecule has 5 heterocycles. The Morgan fingerprint density at radius 1 is 1.00 bits per heavy atom. The van der Waals surface area contributed by atoms with Gasteiger partial charge in [0, 0.05) is 47.2 Å². The van der Waals surface area contributed by atoms with Crippen LogP contribution in [0.2, 0.25) is 0 Å². The zero-order valence-corrected chi connectivity index (χ0v) is 29.3. The number of fused-ring (bicyclic) bond motifs is 1. The highest BCUT2D eigenvalue weighted by atomic mass is 32.2. The van der Waals surface area contributed by atoms with Crippen LogP contribution in [0.5, 0.6) is 0 Å². The van der Waals surface area contributed by atoms with Gasteiger partial charge in [-0.1, -0.05) is 39.3 Å². The number of aromatic nitrogens is 3. The van der Waals surface area contributed by atoms with Crippen LogP contribution in [0.15, 0.2) is 41.3 Å². The first-order valence-corrected chi connectivity index (χ1v) is 18.8. The summed E-state index contributed by atoms with van der Waals surface area (Å²) in [5.74, 6) is -0.108.